The summed E-state index contributed by atoms with van der Waals surface area (Å²) in [6, 6.07) is 9.49. The standard InChI is InChI=1S/C30H39ClN2O7/c1-17(2)13-21(29(36)37)32-25(34)15-24-28(35)33(16-30(3,4)5)22-12-11-18(31)14-20(22)26(40-24)19-9-8-10-23(38-6)27(19)39-7/h8-12,14,17,21,24,26H,13,15-16H2,1-7H3,(H,32,34)(H,36,37)/t21-,24-,26?/m1/s1. The predicted molar refractivity (Wildman–Crippen MR) is 153 cm³/mol. The van der Waals surface area contributed by atoms with Crippen molar-refractivity contribution in [1.82, 2.24) is 5.32 Å². The topological polar surface area (TPSA) is 114 Å². The second kappa shape index (κ2) is 12.9. The Morgan fingerprint density at radius 1 is 1.12 bits per heavy atom. The van der Waals surface area contributed by atoms with Gasteiger partial charge in [0.05, 0.1) is 20.6 Å². The molecule has 2 N–H and O–H groups in total. The van der Waals surface area contributed by atoms with Crippen molar-refractivity contribution in [1.29, 1.82) is 0 Å². The summed E-state index contributed by atoms with van der Waals surface area (Å²) in [7, 11) is 3.04. The van der Waals surface area contributed by atoms with Crippen LogP contribution < -0.4 is 19.7 Å². The van der Waals surface area contributed by atoms with Crippen molar-refractivity contribution in [2.24, 2.45) is 11.3 Å². The summed E-state index contributed by atoms with van der Waals surface area (Å²) < 4.78 is 17.7. The second-order valence-electron chi connectivity index (χ2n) is 11.6. The smallest absolute Gasteiger partial charge is 0.326 e. The number of aliphatic carboxylic acids is 1. The van der Waals surface area contributed by atoms with E-state index in [9.17, 15) is 19.5 Å². The monoisotopic (exact) mass is 574 g/mol. The molecule has 0 aliphatic carbocycles. The van der Waals surface area contributed by atoms with Crippen molar-refractivity contribution in [3.8, 4) is 11.5 Å². The van der Waals surface area contributed by atoms with E-state index in [2.05, 4.69) is 5.32 Å². The van der Waals surface area contributed by atoms with Crippen molar-refractivity contribution in [2.45, 2.75) is 65.7 Å². The first kappa shape index (κ1) is 31.2. The molecule has 0 radical (unpaired) electrons. The number of anilines is 1. The van der Waals surface area contributed by atoms with Crippen LogP contribution in [0.5, 0.6) is 11.5 Å². The number of ether oxygens (including phenoxy) is 3. The van der Waals surface area contributed by atoms with Gasteiger partial charge in [-0.3, -0.25) is 9.59 Å². The number of fused-ring (bicyclic) bond motifs is 1. The van der Waals surface area contributed by atoms with Crippen LogP contribution in [0.1, 0.15) is 64.7 Å². The number of carboxylic acids is 1. The van der Waals surface area contributed by atoms with Gasteiger partial charge in [-0.2, -0.15) is 0 Å². The zero-order valence-corrected chi connectivity index (χ0v) is 24.9. The van der Waals surface area contributed by atoms with Crippen LogP contribution in [-0.2, 0) is 19.1 Å². The molecule has 40 heavy (non-hydrogen) atoms. The highest BCUT2D eigenvalue weighted by Gasteiger charge is 2.40. The number of carbonyl (C=O) groups is 3. The average molecular weight is 575 g/mol. The maximum atomic E-state index is 14.1. The fourth-order valence-corrected chi connectivity index (χ4v) is 5.00. The number of carbonyl (C=O) groups excluding carboxylic acids is 2. The first-order valence-corrected chi connectivity index (χ1v) is 13.6. The Kier molecular flexibility index (Phi) is 10.1. The Morgan fingerprint density at radius 3 is 2.40 bits per heavy atom. The minimum atomic E-state index is -1.22. The third-order valence-electron chi connectivity index (χ3n) is 6.46. The van der Waals surface area contributed by atoms with Crippen LogP contribution in [0.15, 0.2) is 36.4 Å². The summed E-state index contributed by atoms with van der Waals surface area (Å²) in [6.07, 6.45) is -2.19. The SMILES string of the molecule is COc1cccc(C2O[C@H](CC(=O)N[C@H](CC(C)C)C(=O)O)C(=O)N(CC(C)(C)C)c3ccc(Cl)cc32)c1OC. The third kappa shape index (κ3) is 7.46. The lowest BCUT2D eigenvalue weighted by Gasteiger charge is -2.31. The summed E-state index contributed by atoms with van der Waals surface area (Å²) in [5.41, 5.74) is 1.52. The van der Waals surface area contributed by atoms with E-state index in [0.29, 0.717) is 39.9 Å². The minimum absolute atomic E-state index is 0.0450. The number of carboxylic acid groups (broad SMARTS) is 1. The first-order valence-electron chi connectivity index (χ1n) is 13.2. The number of halogens is 1. The summed E-state index contributed by atoms with van der Waals surface area (Å²) >= 11 is 6.45. The predicted octanol–water partition coefficient (Wildman–Crippen LogP) is 5.23. The molecule has 1 aliphatic heterocycles. The van der Waals surface area contributed by atoms with E-state index in [0.717, 1.165) is 0 Å². The van der Waals surface area contributed by atoms with Gasteiger partial charge in [0, 0.05) is 28.4 Å². The molecule has 2 amide bonds. The highest BCUT2D eigenvalue weighted by Crippen LogP contribution is 2.45. The molecule has 3 rings (SSSR count). The number of hydrogen-bond acceptors (Lipinski definition) is 6. The molecule has 0 spiro atoms. The zero-order valence-electron chi connectivity index (χ0n) is 24.1. The number of benzene rings is 2. The van der Waals surface area contributed by atoms with Gasteiger partial charge in [0.2, 0.25) is 5.91 Å². The normalized spacial score (nSPS) is 18.1. The number of nitrogens with zero attached hydrogens (tertiary/aromatic N) is 1. The van der Waals surface area contributed by atoms with Crippen molar-refractivity contribution in [2.75, 3.05) is 25.7 Å². The molecule has 2 aromatic rings. The van der Waals surface area contributed by atoms with Crippen molar-refractivity contribution in [3.63, 3.8) is 0 Å². The zero-order chi connectivity index (χ0) is 29.8. The Morgan fingerprint density at radius 2 is 1.82 bits per heavy atom. The molecule has 10 heteroatoms. The highest BCUT2D eigenvalue weighted by molar-refractivity contribution is 6.30. The van der Waals surface area contributed by atoms with E-state index in [1.807, 2.05) is 34.6 Å². The van der Waals surface area contributed by atoms with Gasteiger partial charge in [-0.05, 0) is 42.0 Å². The Hall–Kier alpha value is -3.30. The van der Waals surface area contributed by atoms with Crippen molar-refractivity contribution >= 4 is 35.1 Å². The van der Waals surface area contributed by atoms with Crippen molar-refractivity contribution < 1.29 is 33.7 Å². The molecule has 1 aliphatic rings. The van der Waals surface area contributed by atoms with Gasteiger partial charge in [-0.15, -0.1) is 0 Å². The molecule has 0 bridgehead atoms. The van der Waals surface area contributed by atoms with Crippen LogP contribution >= 0.6 is 11.6 Å². The molecule has 0 saturated heterocycles. The number of para-hydroxylation sites is 1. The fraction of sp³-hybridized carbons (Fsp3) is 0.500. The van der Waals surface area contributed by atoms with Gasteiger partial charge in [0.15, 0.2) is 11.5 Å². The quantitative estimate of drug-likeness (QED) is 0.399. The molecule has 0 fully saturated rings. The van der Waals surface area contributed by atoms with Crippen LogP contribution in [0, 0.1) is 11.3 Å². The van der Waals surface area contributed by atoms with E-state index < -0.39 is 36.0 Å². The molecule has 218 valence electrons. The Balaban J connectivity index is 2.13. The van der Waals surface area contributed by atoms with Gasteiger partial charge in [-0.25, -0.2) is 4.79 Å². The number of nitrogens with one attached hydrogen (secondary N) is 1. The second-order valence-corrected chi connectivity index (χ2v) is 12.0. The number of methoxy groups -OCH3 is 2. The molecule has 1 heterocycles. The van der Waals surface area contributed by atoms with E-state index in [4.69, 9.17) is 25.8 Å². The molecule has 0 aromatic heterocycles. The van der Waals surface area contributed by atoms with Gasteiger partial charge in [0.1, 0.15) is 18.2 Å². The summed E-state index contributed by atoms with van der Waals surface area (Å²) in [6.45, 7) is 10.1. The average Bonchev–Trinajstić information content (AvgIpc) is 2.96. The van der Waals surface area contributed by atoms with Crippen LogP contribution in [0.3, 0.4) is 0 Å². The number of rotatable bonds is 10. The molecular weight excluding hydrogens is 536 g/mol. The van der Waals surface area contributed by atoms with Crippen LogP contribution in [0.2, 0.25) is 5.02 Å². The van der Waals surface area contributed by atoms with Gasteiger partial charge < -0.3 is 29.5 Å². The van der Waals surface area contributed by atoms with Crippen LogP contribution in [-0.4, -0.2) is 55.8 Å². The third-order valence-corrected chi connectivity index (χ3v) is 6.70. The molecule has 0 saturated carbocycles. The largest absolute Gasteiger partial charge is 0.493 e. The maximum absolute atomic E-state index is 14.1. The summed E-state index contributed by atoms with van der Waals surface area (Å²) in [5, 5.41) is 12.6. The van der Waals surface area contributed by atoms with Gasteiger partial charge in [-0.1, -0.05) is 58.4 Å². The molecule has 9 nitrogen and oxygen atoms in total. The van der Waals surface area contributed by atoms with Crippen LogP contribution in [0.4, 0.5) is 5.69 Å². The summed E-state index contributed by atoms with van der Waals surface area (Å²) in [4.78, 5) is 40.6. The molecule has 3 atom stereocenters. The van der Waals surface area contributed by atoms with E-state index in [1.54, 1.807) is 41.3 Å². The lowest BCUT2D eigenvalue weighted by Crippen LogP contribution is -2.47. The summed E-state index contributed by atoms with van der Waals surface area (Å²) in [5.74, 6) is -1.20. The Bertz CT molecular complexity index is 1240. The molecular formula is C30H39ClN2O7. The fourth-order valence-electron chi connectivity index (χ4n) is 4.82. The molecule has 1 unspecified atom stereocenters. The first-order chi connectivity index (χ1) is 18.7. The number of hydrogen-bond donors (Lipinski definition) is 2. The van der Waals surface area contributed by atoms with Crippen molar-refractivity contribution in [3.05, 3.63) is 52.5 Å². The number of amides is 2. The van der Waals surface area contributed by atoms with Crippen LogP contribution in [0.25, 0.3) is 0 Å². The van der Waals surface area contributed by atoms with E-state index >= 15 is 0 Å². The minimum Gasteiger partial charge on any atom is -0.493 e. The van der Waals surface area contributed by atoms with Gasteiger partial charge >= 0.3 is 5.97 Å². The van der Waals surface area contributed by atoms with E-state index in [-0.39, 0.29) is 24.2 Å². The Labute approximate surface area is 240 Å². The lowest BCUT2D eigenvalue weighted by molar-refractivity contribution is -0.144. The lowest BCUT2D eigenvalue weighted by atomic mass is 9.94. The maximum Gasteiger partial charge on any atom is 0.326 e. The van der Waals surface area contributed by atoms with Gasteiger partial charge in [0.25, 0.3) is 5.91 Å². The highest BCUT2D eigenvalue weighted by atomic mass is 35.5. The van der Waals surface area contributed by atoms with E-state index in [1.165, 1.54) is 14.2 Å². The molecule has 2 aromatic carbocycles.